The van der Waals surface area contributed by atoms with Crippen molar-refractivity contribution in [2.24, 2.45) is 0 Å². The summed E-state index contributed by atoms with van der Waals surface area (Å²) in [6, 6.07) is 14.5. The van der Waals surface area contributed by atoms with E-state index >= 15 is 0 Å². The van der Waals surface area contributed by atoms with E-state index in [0.717, 1.165) is 25.0 Å². The minimum Gasteiger partial charge on any atom is -0.377 e. The Balaban J connectivity index is 1.48. The molecule has 1 aliphatic rings. The van der Waals surface area contributed by atoms with Crippen LogP contribution in [0.25, 0.3) is 10.9 Å². The summed E-state index contributed by atoms with van der Waals surface area (Å²) >= 11 is 6.27. The normalized spacial score (nSPS) is 17.0. The van der Waals surface area contributed by atoms with Gasteiger partial charge in [0.1, 0.15) is 5.82 Å². The summed E-state index contributed by atoms with van der Waals surface area (Å²) in [5.41, 5.74) is 1.33. The van der Waals surface area contributed by atoms with Crippen molar-refractivity contribution in [1.82, 2.24) is 20.2 Å². The van der Waals surface area contributed by atoms with Crippen molar-refractivity contribution in [3.05, 3.63) is 75.3 Å². The first kappa shape index (κ1) is 22.5. The van der Waals surface area contributed by atoms with E-state index in [1.807, 2.05) is 54.3 Å². The topological polar surface area (TPSA) is 87.3 Å². The van der Waals surface area contributed by atoms with Gasteiger partial charge in [0.2, 0.25) is 5.91 Å². The Hall–Kier alpha value is -2.74. The lowest BCUT2D eigenvalue weighted by molar-refractivity contribution is -0.123. The van der Waals surface area contributed by atoms with E-state index in [9.17, 15) is 9.59 Å². The first-order valence-corrected chi connectivity index (χ1v) is 11.2. The summed E-state index contributed by atoms with van der Waals surface area (Å²) in [5, 5.41) is 4.19. The van der Waals surface area contributed by atoms with Crippen molar-refractivity contribution in [3.8, 4) is 0 Å². The largest absolute Gasteiger partial charge is 0.377 e. The summed E-state index contributed by atoms with van der Waals surface area (Å²) in [4.78, 5) is 34.7. The van der Waals surface area contributed by atoms with Gasteiger partial charge in [0.25, 0.3) is 5.56 Å². The van der Waals surface area contributed by atoms with Crippen LogP contribution in [0.15, 0.2) is 53.3 Å². The van der Waals surface area contributed by atoms with Gasteiger partial charge in [-0.15, -0.1) is 0 Å². The molecule has 32 heavy (non-hydrogen) atoms. The summed E-state index contributed by atoms with van der Waals surface area (Å²) in [7, 11) is 0. The van der Waals surface area contributed by atoms with Gasteiger partial charge < -0.3 is 15.0 Å². The van der Waals surface area contributed by atoms with Gasteiger partial charge in [-0.05, 0) is 43.5 Å². The molecule has 4 rings (SSSR count). The van der Waals surface area contributed by atoms with Crippen molar-refractivity contribution in [3.63, 3.8) is 0 Å². The van der Waals surface area contributed by atoms with Crippen LogP contribution >= 0.6 is 11.6 Å². The molecule has 0 aliphatic carbocycles. The Labute approximate surface area is 191 Å². The molecule has 1 aromatic heterocycles. The fraction of sp³-hybridized carbons (Fsp3) is 0.375. The maximum Gasteiger partial charge on any atom is 0.258 e. The molecule has 2 N–H and O–H groups in total. The number of amides is 1. The van der Waals surface area contributed by atoms with E-state index in [0.29, 0.717) is 34.8 Å². The number of carbonyl (C=O) groups excluding carboxylic acids is 1. The highest BCUT2D eigenvalue weighted by Gasteiger charge is 2.23. The first-order valence-electron chi connectivity index (χ1n) is 10.9. The molecule has 0 bridgehead atoms. The Morgan fingerprint density at radius 3 is 2.84 bits per heavy atom. The van der Waals surface area contributed by atoms with Gasteiger partial charge in [0, 0.05) is 18.2 Å². The van der Waals surface area contributed by atoms with E-state index in [4.69, 9.17) is 16.3 Å². The average Bonchev–Trinajstić information content (AvgIpc) is 3.27. The Morgan fingerprint density at radius 1 is 1.28 bits per heavy atom. The number of fused-ring (bicyclic) bond motifs is 1. The Bertz CT molecular complexity index is 1140. The molecule has 7 nitrogen and oxygen atoms in total. The van der Waals surface area contributed by atoms with Gasteiger partial charge in [0.15, 0.2) is 0 Å². The maximum atomic E-state index is 12.9. The van der Waals surface area contributed by atoms with Gasteiger partial charge in [-0.3, -0.25) is 14.5 Å². The van der Waals surface area contributed by atoms with Crippen LogP contribution in [0, 0.1) is 0 Å². The van der Waals surface area contributed by atoms with Crippen molar-refractivity contribution >= 4 is 28.4 Å². The molecule has 1 amide bonds. The fourth-order valence-corrected chi connectivity index (χ4v) is 4.38. The average molecular weight is 455 g/mol. The van der Waals surface area contributed by atoms with E-state index < -0.39 is 0 Å². The lowest BCUT2D eigenvalue weighted by atomic mass is 10.1. The molecule has 3 aromatic rings. The molecule has 1 aliphatic heterocycles. The van der Waals surface area contributed by atoms with Gasteiger partial charge in [-0.25, -0.2) is 4.98 Å². The first-order chi connectivity index (χ1) is 15.5. The van der Waals surface area contributed by atoms with Crippen molar-refractivity contribution in [2.45, 2.75) is 38.5 Å². The fourth-order valence-electron chi connectivity index (χ4n) is 4.08. The molecule has 168 valence electrons. The predicted octanol–water partition coefficient (Wildman–Crippen LogP) is 3.43. The van der Waals surface area contributed by atoms with Crippen molar-refractivity contribution in [2.75, 3.05) is 19.7 Å². The quantitative estimate of drug-likeness (QED) is 0.544. The molecular weight excluding hydrogens is 428 g/mol. The smallest absolute Gasteiger partial charge is 0.258 e. The van der Waals surface area contributed by atoms with Gasteiger partial charge >= 0.3 is 0 Å². The number of hydrogen-bond acceptors (Lipinski definition) is 5. The Morgan fingerprint density at radius 2 is 2.06 bits per heavy atom. The third-order valence-corrected chi connectivity index (χ3v) is 5.98. The van der Waals surface area contributed by atoms with Gasteiger partial charge in [0.05, 0.1) is 36.1 Å². The summed E-state index contributed by atoms with van der Waals surface area (Å²) in [6.45, 7) is 3.73. The molecule has 0 saturated carbocycles. The number of H-pyrrole nitrogens is 1. The summed E-state index contributed by atoms with van der Waals surface area (Å²) < 4.78 is 5.78. The zero-order valence-corrected chi connectivity index (χ0v) is 18.8. The second-order valence-electron chi connectivity index (χ2n) is 8.15. The molecule has 0 radical (unpaired) electrons. The maximum absolute atomic E-state index is 12.9. The Kier molecular flexibility index (Phi) is 7.19. The number of para-hydroxylation sites is 1. The van der Waals surface area contributed by atoms with E-state index in [1.165, 1.54) is 0 Å². The molecule has 2 heterocycles. The minimum absolute atomic E-state index is 0.0657. The number of aromatic amines is 1. The number of nitrogens with one attached hydrogen (secondary N) is 2. The van der Waals surface area contributed by atoms with E-state index in [2.05, 4.69) is 15.3 Å². The predicted molar refractivity (Wildman–Crippen MR) is 125 cm³/mol. The van der Waals surface area contributed by atoms with Crippen LogP contribution in [0.1, 0.15) is 37.2 Å². The molecule has 0 spiro atoms. The molecular formula is C24H27ClN4O3. The van der Waals surface area contributed by atoms with Crippen LogP contribution in [0.4, 0.5) is 0 Å². The third kappa shape index (κ3) is 5.54. The molecule has 0 unspecified atom stereocenters. The highest BCUT2D eigenvalue weighted by atomic mass is 35.5. The second-order valence-corrected chi connectivity index (χ2v) is 8.55. The van der Waals surface area contributed by atoms with Crippen LogP contribution in [-0.4, -0.2) is 46.6 Å². The number of carbonyl (C=O) groups is 1. The molecule has 1 saturated heterocycles. The van der Waals surface area contributed by atoms with E-state index in [1.54, 1.807) is 6.07 Å². The molecule has 2 atom stereocenters. The number of halogens is 1. The third-order valence-electron chi connectivity index (χ3n) is 5.64. The zero-order chi connectivity index (χ0) is 22.5. The molecule has 2 aromatic carbocycles. The number of benzene rings is 2. The van der Waals surface area contributed by atoms with Crippen LogP contribution in [0.3, 0.4) is 0 Å². The van der Waals surface area contributed by atoms with Crippen LogP contribution in [-0.2, 0) is 16.1 Å². The molecule has 8 heteroatoms. The number of hydrogen-bond donors (Lipinski definition) is 2. The van der Waals surface area contributed by atoms with E-state index in [-0.39, 0.29) is 30.2 Å². The minimum atomic E-state index is -0.223. The number of aromatic nitrogens is 2. The monoisotopic (exact) mass is 454 g/mol. The lowest BCUT2D eigenvalue weighted by Gasteiger charge is -2.25. The van der Waals surface area contributed by atoms with Crippen LogP contribution in [0.2, 0.25) is 5.02 Å². The van der Waals surface area contributed by atoms with Gasteiger partial charge in [-0.1, -0.05) is 41.9 Å². The zero-order valence-electron chi connectivity index (χ0n) is 18.0. The molecule has 1 fully saturated rings. The van der Waals surface area contributed by atoms with Crippen LogP contribution in [0.5, 0.6) is 0 Å². The highest BCUT2D eigenvalue weighted by Crippen LogP contribution is 2.22. The summed E-state index contributed by atoms with van der Waals surface area (Å²) in [6.07, 6.45) is 2.03. The number of nitrogens with zero attached hydrogens (tertiary/aromatic N) is 2. The van der Waals surface area contributed by atoms with Crippen LogP contribution < -0.4 is 10.9 Å². The van der Waals surface area contributed by atoms with Crippen molar-refractivity contribution in [1.29, 1.82) is 0 Å². The van der Waals surface area contributed by atoms with Crippen molar-refractivity contribution < 1.29 is 9.53 Å². The SMILES string of the molecule is C[C@@H](NC(=O)CN(Cc1nc2ccccc2c(=O)[nH]1)C[C@H]1CCCO1)c1ccccc1Cl. The number of rotatable bonds is 8. The highest BCUT2D eigenvalue weighted by molar-refractivity contribution is 6.31. The number of ether oxygens (including phenoxy) is 1. The summed E-state index contributed by atoms with van der Waals surface area (Å²) in [5.74, 6) is 0.400. The standard InChI is InChI=1S/C24H27ClN4O3/c1-16(18-8-2-4-10-20(18)25)26-23(30)15-29(13-17-7-6-12-32-17)14-22-27-21-11-5-3-9-19(21)24(31)28-22/h2-5,8-11,16-17H,6-7,12-15H2,1H3,(H,26,30)(H,27,28,31)/t16-,17-/m1/s1. The lowest BCUT2D eigenvalue weighted by Crippen LogP contribution is -2.41. The van der Waals surface area contributed by atoms with Gasteiger partial charge in [-0.2, -0.15) is 0 Å². The second kappa shape index (κ2) is 10.3.